The van der Waals surface area contributed by atoms with Gasteiger partial charge in [-0.3, -0.25) is 4.79 Å². The van der Waals surface area contributed by atoms with Gasteiger partial charge in [-0.1, -0.05) is 24.3 Å². The zero-order valence-corrected chi connectivity index (χ0v) is 12.7. The molecule has 1 N–H and O–H groups in total. The van der Waals surface area contributed by atoms with Gasteiger partial charge in [-0.05, 0) is 23.8 Å². The number of hydrogen-bond donors (Lipinski definition) is 1. The molecule has 0 bridgehead atoms. The number of para-hydroxylation sites is 1. The number of aromatic nitrogens is 1. The lowest BCUT2D eigenvalue weighted by Gasteiger charge is -2.05. The zero-order valence-electron chi connectivity index (χ0n) is 12.7. The van der Waals surface area contributed by atoms with Crippen molar-refractivity contribution >= 4 is 16.8 Å². The van der Waals surface area contributed by atoms with Crippen molar-refractivity contribution < 1.29 is 14.3 Å². The van der Waals surface area contributed by atoms with Gasteiger partial charge in [0.25, 0.3) is 5.91 Å². The minimum absolute atomic E-state index is 0.0838. The van der Waals surface area contributed by atoms with Crippen LogP contribution in [0, 0.1) is 0 Å². The van der Waals surface area contributed by atoms with Gasteiger partial charge in [0.15, 0.2) is 11.5 Å². The molecule has 3 aromatic rings. The minimum Gasteiger partial charge on any atom is -0.454 e. The highest BCUT2D eigenvalue weighted by molar-refractivity contribution is 6.06. The van der Waals surface area contributed by atoms with Crippen LogP contribution in [0.3, 0.4) is 0 Å². The summed E-state index contributed by atoms with van der Waals surface area (Å²) in [5.74, 6) is 1.38. The maximum absolute atomic E-state index is 12.5. The fraction of sp³-hybridized carbons (Fsp3) is 0.167. The van der Waals surface area contributed by atoms with Crippen LogP contribution in [0.4, 0.5) is 0 Å². The van der Waals surface area contributed by atoms with E-state index < -0.39 is 0 Å². The first kappa shape index (κ1) is 13.7. The van der Waals surface area contributed by atoms with Crippen molar-refractivity contribution in [2.45, 2.75) is 6.54 Å². The third-order valence-electron chi connectivity index (χ3n) is 4.03. The van der Waals surface area contributed by atoms with Gasteiger partial charge in [0.05, 0.1) is 5.56 Å². The van der Waals surface area contributed by atoms with Crippen LogP contribution in [0.15, 0.2) is 48.7 Å². The average Bonchev–Trinajstić information content (AvgIpc) is 3.17. The van der Waals surface area contributed by atoms with Gasteiger partial charge in [-0.25, -0.2) is 0 Å². The summed E-state index contributed by atoms with van der Waals surface area (Å²) < 4.78 is 12.6. The molecule has 5 nitrogen and oxygen atoms in total. The van der Waals surface area contributed by atoms with Gasteiger partial charge in [0.1, 0.15) is 0 Å². The first-order chi connectivity index (χ1) is 11.2. The van der Waals surface area contributed by atoms with Crippen LogP contribution >= 0.6 is 0 Å². The number of aryl methyl sites for hydroxylation is 1. The number of ether oxygens (including phenoxy) is 2. The van der Waals surface area contributed by atoms with Gasteiger partial charge in [-0.15, -0.1) is 0 Å². The molecule has 5 heteroatoms. The number of amides is 1. The van der Waals surface area contributed by atoms with Gasteiger partial charge >= 0.3 is 0 Å². The maximum atomic E-state index is 12.5. The Morgan fingerprint density at radius 1 is 1.17 bits per heavy atom. The fourth-order valence-corrected chi connectivity index (χ4v) is 2.85. The van der Waals surface area contributed by atoms with Gasteiger partial charge in [0.2, 0.25) is 6.79 Å². The average molecular weight is 308 g/mol. The Morgan fingerprint density at radius 2 is 2.00 bits per heavy atom. The number of nitrogens with zero attached hydrogens (tertiary/aromatic N) is 1. The van der Waals surface area contributed by atoms with E-state index in [0.29, 0.717) is 12.1 Å². The van der Waals surface area contributed by atoms with E-state index in [4.69, 9.17) is 9.47 Å². The smallest absolute Gasteiger partial charge is 0.253 e. The molecule has 0 radical (unpaired) electrons. The van der Waals surface area contributed by atoms with E-state index in [1.165, 1.54) is 0 Å². The number of hydrogen-bond acceptors (Lipinski definition) is 3. The van der Waals surface area contributed by atoms with E-state index in [1.807, 2.05) is 60.3 Å². The number of nitrogens with one attached hydrogen (secondary N) is 1. The predicted molar refractivity (Wildman–Crippen MR) is 86.7 cm³/mol. The summed E-state index contributed by atoms with van der Waals surface area (Å²) in [6, 6.07) is 13.6. The molecule has 1 aliphatic rings. The molecular formula is C18H16N2O3. The molecule has 0 unspecified atom stereocenters. The highest BCUT2D eigenvalue weighted by Crippen LogP contribution is 2.32. The molecule has 0 spiro atoms. The first-order valence-electron chi connectivity index (χ1n) is 7.43. The van der Waals surface area contributed by atoms with Crippen molar-refractivity contribution in [3.8, 4) is 11.5 Å². The van der Waals surface area contributed by atoms with Crippen molar-refractivity contribution in [2.75, 3.05) is 6.79 Å². The quantitative estimate of drug-likeness (QED) is 0.809. The van der Waals surface area contributed by atoms with E-state index in [0.717, 1.165) is 28.0 Å². The highest BCUT2D eigenvalue weighted by atomic mass is 16.7. The number of benzene rings is 2. The molecule has 116 valence electrons. The molecule has 2 aromatic carbocycles. The Hall–Kier alpha value is -2.95. The summed E-state index contributed by atoms with van der Waals surface area (Å²) in [7, 11) is 1.94. The van der Waals surface area contributed by atoms with Crippen molar-refractivity contribution in [3.05, 3.63) is 59.8 Å². The Labute approximate surface area is 133 Å². The van der Waals surface area contributed by atoms with E-state index >= 15 is 0 Å². The largest absolute Gasteiger partial charge is 0.454 e. The van der Waals surface area contributed by atoms with Crippen molar-refractivity contribution in [1.82, 2.24) is 9.88 Å². The van der Waals surface area contributed by atoms with E-state index in [1.54, 1.807) is 0 Å². The molecule has 1 amide bonds. The third-order valence-corrected chi connectivity index (χ3v) is 4.03. The lowest BCUT2D eigenvalue weighted by atomic mass is 10.1. The Bertz CT molecular complexity index is 898. The van der Waals surface area contributed by atoms with Crippen molar-refractivity contribution in [3.63, 3.8) is 0 Å². The van der Waals surface area contributed by atoms with Crippen LogP contribution < -0.4 is 14.8 Å². The standard InChI is InChI=1S/C18H16N2O3/c1-20-10-14(13-4-2-3-5-15(13)20)18(21)19-9-12-6-7-16-17(8-12)23-11-22-16/h2-8,10H,9,11H2,1H3,(H,19,21). The maximum Gasteiger partial charge on any atom is 0.253 e. The Morgan fingerprint density at radius 3 is 2.91 bits per heavy atom. The van der Waals surface area contributed by atoms with Gasteiger partial charge in [-0.2, -0.15) is 0 Å². The fourth-order valence-electron chi connectivity index (χ4n) is 2.85. The summed E-state index contributed by atoms with van der Waals surface area (Å²) in [5.41, 5.74) is 2.70. The molecule has 2 heterocycles. The summed E-state index contributed by atoms with van der Waals surface area (Å²) >= 11 is 0. The molecule has 23 heavy (non-hydrogen) atoms. The second kappa shape index (κ2) is 5.35. The lowest BCUT2D eigenvalue weighted by Crippen LogP contribution is -2.22. The molecule has 0 saturated heterocycles. The number of carbonyl (C=O) groups excluding carboxylic acids is 1. The van der Waals surface area contributed by atoms with Crippen molar-refractivity contribution in [2.24, 2.45) is 7.05 Å². The van der Waals surface area contributed by atoms with Crippen LogP contribution in [-0.2, 0) is 13.6 Å². The van der Waals surface area contributed by atoms with Crippen LogP contribution in [0.5, 0.6) is 11.5 Å². The number of carbonyl (C=O) groups is 1. The summed E-state index contributed by atoms with van der Waals surface area (Å²) in [5, 5.41) is 3.92. The normalized spacial score (nSPS) is 12.6. The van der Waals surface area contributed by atoms with Crippen LogP contribution in [0.25, 0.3) is 10.9 Å². The first-order valence-corrected chi connectivity index (χ1v) is 7.43. The Kier molecular flexibility index (Phi) is 3.19. The summed E-state index contributed by atoms with van der Waals surface area (Å²) in [6.07, 6.45) is 1.86. The third kappa shape index (κ3) is 2.40. The van der Waals surface area contributed by atoms with Crippen LogP contribution in [-0.4, -0.2) is 17.3 Å². The molecule has 0 atom stereocenters. The topological polar surface area (TPSA) is 52.5 Å². The highest BCUT2D eigenvalue weighted by Gasteiger charge is 2.15. The second-order valence-corrected chi connectivity index (χ2v) is 5.54. The zero-order chi connectivity index (χ0) is 15.8. The summed E-state index contributed by atoms with van der Waals surface area (Å²) in [6.45, 7) is 0.694. The van der Waals surface area contributed by atoms with E-state index in [-0.39, 0.29) is 12.7 Å². The monoisotopic (exact) mass is 308 g/mol. The van der Waals surface area contributed by atoms with Gasteiger partial charge < -0.3 is 19.4 Å². The predicted octanol–water partition coefficient (Wildman–Crippen LogP) is 2.84. The van der Waals surface area contributed by atoms with E-state index in [9.17, 15) is 4.79 Å². The SMILES string of the molecule is Cn1cc(C(=O)NCc2ccc3c(c2)OCO3)c2ccccc21. The van der Waals surface area contributed by atoms with Crippen LogP contribution in [0.1, 0.15) is 15.9 Å². The lowest BCUT2D eigenvalue weighted by molar-refractivity contribution is 0.0952. The Balaban J connectivity index is 1.53. The molecule has 1 aliphatic heterocycles. The number of rotatable bonds is 3. The molecule has 4 rings (SSSR count). The molecular weight excluding hydrogens is 292 g/mol. The van der Waals surface area contributed by atoms with Gasteiger partial charge in [0, 0.05) is 30.7 Å². The second-order valence-electron chi connectivity index (χ2n) is 5.54. The molecule has 0 fully saturated rings. The van der Waals surface area contributed by atoms with E-state index in [2.05, 4.69) is 5.32 Å². The summed E-state index contributed by atoms with van der Waals surface area (Å²) in [4.78, 5) is 12.5. The molecule has 1 aromatic heterocycles. The molecule has 0 saturated carbocycles. The number of fused-ring (bicyclic) bond motifs is 2. The minimum atomic E-state index is -0.0838. The molecule has 0 aliphatic carbocycles. The van der Waals surface area contributed by atoms with Crippen molar-refractivity contribution in [1.29, 1.82) is 0 Å². The van der Waals surface area contributed by atoms with Crippen LogP contribution in [0.2, 0.25) is 0 Å².